The van der Waals surface area contributed by atoms with Gasteiger partial charge in [0, 0.05) is 5.39 Å². The van der Waals surface area contributed by atoms with Crippen LogP contribution in [0, 0.1) is 13.8 Å². The summed E-state index contributed by atoms with van der Waals surface area (Å²) < 4.78 is 4.81. The van der Waals surface area contributed by atoms with Crippen LogP contribution in [0.25, 0.3) is 10.9 Å². The third-order valence-electron chi connectivity index (χ3n) is 3.72. The van der Waals surface area contributed by atoms with Crippen molar-refractivity contribution in [2.24, 2.45) is 0 Å². The average molecular weight is 345 g/mol. The van der Waals surface area contributed by atoms with Crippen molar-refractivity contribution in [3.8, 4) is 0 Å². The Balaban J connectivity index is 2.19. The fraction of sp³-hybridized carbons (Fsp3) is 0.421. The van der Waals surface area contributed by atoms with E-state index in [1.54, 1.807) is 6.92 Å². The van der Waals surface area contributed by atoms with Crippen molar-refractivity contribution in [2.75, 3.05) is 12.4 Å². The topological polar surface area (TPSA) is 56.3 Å². The first-order valence-electron chi connectivity index (χ1n) is 8.15. The number of ketones is 1. The molecule has 0 saturated carbocycles. The van der Waals surface area contributed by atoms with E-state index in [0.717, 1.165) is 27.9 Å². The SMILES string of the molecule is CCOC(=O)CC(=O)CSc1nc2cc(C)cc(C)c2cc1CC. The predicted octanol–water partition coefficient (Wildman–Crippen LogP) is 4.03. The van der Waals surface area contributed by atoms with Crippen LogP contribution in [0.15, 0.2) is 23.2 Å². The van der Waals surface area contributed by atoms with E-state index in [1.807, 2.05) is 0 Å². The number of nitrogens with zero attached hydrogens (tertiary/aromatic N) is 1. The molecule has 4 nitrogen and oxygen atoms in total. The molecule has 5 heteroatoms. The van der Waals surface area contributed by atoms with Gasteiger partial charge in [0.25, 0.3) is 0 Å². The van der Waals surface area contributed by atoms with Crippen molar-refractivity contribution in [2.45, 2.75) is 45.6 Å². The maximum absolute atomic E-state index is 11.9. The number of fused-ring (bicyclic) bond motifs is 1. The maximum Gasteiger partial charge on any atom is 0.313 e. The number of carbonyl (C=O) groups excluding carboxylic acids is 2. The molecule has 1 heterocycles. The Morgan fingerprint density at radius 2 is 1.92 bits per heavy atom. The summed E-state index contributed by atoms with van der Waals surface area (Å²) >= 11 is 1.40. The average Bonchev–Trinajstić information content (AvgIpc) is 2.52. The van der Waals surface area contributed by atoms with Crippen LogP contribution in [-0.4, -0.2) is 29.1 Å². The molecular formula is C19H23NO3S. The lowest BCUT2D eigenvalue weighted by molar-refractivity contribution is -0.145. The second-order valence-corrected chi connectivity index (χ2v) is 6.73. The van der Waals surface area contributed by atoms with E-state index in [1.165, 1.54) is 22.9 Å². The van der Waals surface area contributed by atoms with Gasteiger partial charge in [0.15, 0.2) is 5.78 Å². The fourth-order valence-electron chi connectivity index (χ4n) is 2.60. The number of esters is 1. The molecule has 0 aliphatic heterocycles. The third kappa shape index (κ3) is 4.57. The minimum Gasteiger partial charge on any atom is -0.466 e. The van der Waals surface area contributed by atoms with Crippen LogP contribution in [-0.2, 0) is 20.7 Å². The Morgan fingerprint density at radius 1 is 1.17 bits per heavy atom. The largest absolute Gasteiger partial charge is 0.466 e. The highest BCUT2D eigenvalue weighted by molar-refractivity contribution is 8.00. The molecule has 0 saturated heterocycles. The minimum atomic E-state index is -0.462. The quantitative estimate of drug-likeness (QED) is 0.431. The minimum absolute atomic E-state index is 0.136. The number of hydrogen-bond acceptors (Lipinski definition) is 5. The molecule has 1 aromatic heterocycles. The number of Topliss-reactive ketones (excluding diaryl/α,β-unsaturated/α-hetero) is 1. The smallest absolute Gasteiger partial charge is 0.313 e. The number of thioether (sulfide) groups is 1. The molecule has 0 fully saturated rings. The van der Waals surface area contributed by atoms with Crippen molar-refractivity contribution < 1.29 is 14.3 Å². The monoisotopic (exact) mass is 345 g/mol. The molecule has 0 atom stereocenters. The summed E-state index contributed by atoms with van der Waals surface area (Å²) in [4.78, 5) is 28.0. The van der Waals surface area contributed by atoms with Crippen LogP contribution in [0.2, 0.25) is 0 Å². The predicted molar refractivity (Wildman–Crippen MR) is 97.6 cm³/mol. The number of aromatic nitrogens is 1. The van der Waals surface area contributed by atoms with Crippen molar-refractivity contribution >= 4 is 34.4 Å². The summed E-state index contributed by atoms with van der Waals surface area (Å²) in [6.07, 6.45) is 0.679. The first kappa shape index (κ1) is 18.5. The summed E-state index contributed by atoms with van der Waals surface area (Å²) in [6, 6.07) is 6.38. The van der Waals surface area contributed by atoms with Gasteiger partial charge >= 0.3 is 5.97 Å². The van der Waals surface area contributed by atoms with Gasteiger partial charge in [0.05, 0.1) is 17.9 Å². The van der Waals surface area contributed by atoms with Crippen LogP contribution in [0.3, 0.4) is 0 Å². The second-order valence-electron chi connectivity index (χ2n) is 5.76. The normalized spacial score (nSPS) is 10.8. The summed E-state index contributed by atoms with van der Waals surface area (Å²) in [5, 5.41) is 2.02. The Hall–Kier alpha value is -1.88. The molecule has 128 valence electrons. The number of benzene rings is 1. The Kier molecular flexibility index (Phi) is 6.37. The Morgan fingerprint density at radius 3 is 2.58 bits per heavy atom. The third-order valence-corrected chi connectivity index (χ3v) is 4.82. The highest BCUT2D eigenvalue weighted by Gasteiger charge is 2.14. The molecule has 0 spiro atoms. The van der Waals surface area contributed by atoms with E-state index in [0.29, 0.717) is 6.61 Å². The van der Waals surface area contributed by atoms with Gasteiger partial charge in [0.2, 0.25) is 0 Å². The van der Waals surface area contributed by atoms with Crippen molar-refractivity contribution in [1.29, 1.82) is 0 Å². The lowest BCUT2D eigenvalue weighted by Gasteiger charge is -2.11. The lowest BCUT2D eigenvalue weighted by Crippen LogP contribution is -2.13. The molecule has 24 heavy (non-hydrogen) atoms. The number of hydrogen-bond donors (Lipinski definition) is 0. The molecule has 2 rings (SSSR count). The van der Waals surface area contributed by atoms with Crippen LogP contribution in [0.4, 0.5) is 0 Å². The molecule has 0 amide bonds. The van der Waals surface area contributed by atoms with E-state index in [2.05, 4.69) is 39.0 Å². The second kappa shape index (κ2) is 8.29. The van der Waals surface area contributed by atoms with Gasteiger partial charge in [-0.1, -0.05) is 24.8 Å². The van der Waals surface area contributed by atoms with Gasteiger partial charge in [-0.2, -0.15) is 0 Å². The molecular weight excluding hydrogens is 322 g/mol. The Labute approximate surface area is 147 Å². The first-order chi connectivity index (χ1) is 11.4. The molecule has 0 aliphatic rings. The van der Waals surface area contributed by atoms with Gasteiger partial charge in [0.1, 0.15) is 11.4 Å². The van der Waals surface area contributed by atoms with E-state index in [4.69, 9.17) is 9.72 Å². The molecule has 0 N–H and O–H groups in total. The molecule has 2 aromatic rings. The molecule has 0 radical (unpaired) electrons. The number of pyridine rings is 1. The number of rotatable bonds is 7. The Bertz CT molecular complexity index is 771. The van der Waals surface area contributed by atoms with Crippen LogP contribution < -0.4 is 0 Å². The van der Waals surface area contributed by atoms with Gasteiger partial charge in [-0.3, -0.25) is 9.59 Å². The maximum atomic E-state index is 11.9. The van der Waals surface area contributed by atoms with E-state index in [-0.39, 0.29) is 18.0 Å². The van der Waals surface area contributed by atoms with Crippen molar-refractivity contribution in [3.63, 3.8) is 0 Å². The van der Waals surface area contributed by atoms with E-state index >= 15 is 0 Å². The van der Waals surface area contributed by atoms with Crippen LogP contribution in [0.5, 0.6) is 0 Å². The van der Waals surface area contributed by atoms with Crippen LogP contribution in [0.1, 0.15) is 37.0 Å². The van der Waals surface area contributed by atoms with Gasteiger partial charge in [-0.05, 0) is 56.0 Å². The summed E-state index contributed by atoms with van der Waals surface area (Å²) in [6.45, 7) is 8.25. The van der Waals surface area contributed by atoms with Gasteiger partial charge in [-0.15, -0.1) is 0 Å². The lowest BCUT2D eigenvalue weighted by atomic mass is 10.0. The van der Waals surface area contributed by atoms with Gasteiger partial charge in [-0.25, -0.2) is 4.98 Å². The zero-order valence-electron chi connectivity index (χ0n) is 14.6. The molecule has 0 aliphatic carbocycles. The van der Waals surface area contributed by atoms with Crippen LogP contribution >= 0.6 is 11.8 Å². The summed E-state index contributed by atoms with van der Waals surface area (Å²) in [5.74, 6) is -0.367. The standard InChI is InChI=1S/C19H23NO3S/c1-5-14-9-16-13(4)7-12(3)8-17(16)20-19(14)24-11-15(21)10-18(22)23-6-2/h7-9H,5-6,10-11H2,1-4H3. The fourth-order valence-corrected chi connectivity index (χ4v) is 3.56. The summed E-state index contributed by atoms with van der Waals surface area (Å²) in [5.41, 5.74) is 4.46. The number of carbonyl (C=O) groups is 2. The van der Waals surface area contributed by atoms with Crippen molar-refractivity contribution in [3.05, 3.63) is 34.9 Å². The zero-order chi connectivity index (χ0) is 17.7. The highest BCUT2D eigenvalue weighted by atomic mass is 32.2. The van der Waals surface area contributed by atoms with Gasteiger partial charge < -0.3 is 4.74 Å². The number of aryl methyl sites for hydroxylation is 3. The summed E-state index contributed by atoms with van der Waals surface area (Å²) in [7, 11) is 0. The van der Waals surface area contributed by atoms with Crippen molar-refractivity contribution in [1.82, 2.24) is 4.98 Å². The molecule has 0 unspecified atom stereocenters. The molecule has 0 bridgehead atoms. The van der Waals surface area contributed by atoms with E-state index in [9.17, 15) is 9.59 Å². The number of ether oxygens (including phenoxy) is 1. The zero-order valence-corrected chi connectivity index (χ0v) is 15.5. The first-order valence-corrected chi connectivity index (χ1v) is 9.14. The molecule has 1 aromatic carbocycles. The highest BCUT2D eigenvalue weighted by Crippen LogP contribution is 2.28. The van der Waals surface area contributed by atoms with E-state index < -0.39 is 5.97 Å².